The molecule has 0 saturated heterocycles. The second kappa shape index (κ2) is 6.35. The summed E-state index contributed by atoms with van der Waals surface area (Å²) in [5.74, 6) is -1.13. The van der Waals surface area contributed by atoms with E-state index in [1.54, 1.807) is 6.07 Å². The quantitative estimate of drug-likeness (QED) is 0.689. The predicted octanol–water partition coefficient (Wildman–Crippen LogP) is 3.58. The van der Waals surface area contributed by atoms with Crippen LogP contribution in [0.2, 0.25) is 0 Å². The molecular weight excluding hydrogens is 390 g/mol. The molecule has 0 aliphatic heterocycles. The first-order valence-electron chi connectivity index (χ1n) is 9.80. The van der Waals surface area contributed by atoms with Gasteiger partial charge >= 0.3 is 0 Å². The number of benzene rings is 1. The molecule has 2 aliphatic carbocycles. The van der Waals surface area contributed by atoms with Crippen molar-refractivity contribution in [1.29, 1.82) is 0 Å². The summed E-state index contributed by atoms with van der Waals surface area (Å²) in [5.41, 5.74) is 2.04. The summed E-state index contributed by atoms with van der Waals surface area (Å²) in [6, 6.07) is 6.51. The largest absolute Gasteiger partial charge is 0.493 e. The number of nitrogens with one attached hydrogen (secondary N) is 1. The van der Waals surface area contributed by atoms with Gasteiger partial charge in [0.2, 0.25) is 5.88 Å². The van der Waals surface area contributed by atoms with Gasteiger partial charge in [-0.3, -0.25) is 4.79 Å². The number of amides is 1. The summed E-state index contributed by atoms with van der Waals surface area (Å²) < 4.78 is 29.3. The SMILES string of the molecule is CC(C)(NC(=O)c1nn(-c2ccc(F)cc2F)c2c1C[C@H]1C[C@@H]21)c1ccc(O)nc1. The molecule has 2 atom stereocenters. The van der Waals surface area contributed by atoms with Crippen molar-refractivity contribution in [2.75, 3.05) is 0 Å². The van der Waals surface area contributed by atoms with Crippen molar-refractivity contribution < 1.29 is 18.7 Å². The molecule has 0 unspecified atom stereocenters. The molecule has 0 bridgehead atoms. The maximum atomic E-state index is 14.5. The van der Waals surface area contributed by atoms with Crippen molar-refractivity contribution in [1.82, 2.24) is 20.1 Å². The normalized spacial score (nSPS) is 19.3. The number of fused-ring (bicyclic) bond motifs is 3. The molecule has 3 aromatic rings. The highest BCUT2D eigenvalue weighted by Crippen LogP contribution is 2.57. The molecule has 0 radical (unpaired) electrons. The second-order valence-electron chi connectivity index (χ2n) is 8.51. The zero-order valence-corrected chi connectivity index (χ0v) is 16.5. The number of aromatic nitrogens is 3. The highest BCUT2D eigenvalue weighted by atomic mass is 19.1. The molecule has 1 saturated carbocycles. The van der Waals surface area contributed by atoms with Crippen LogP contribution < -0.4 is 5.32 Å². The van der Waals surface area contributed by atoms with E-state index < -0.39 is 17.2 Å². The minimum atomic E-state index is -0.767. The van der Waals surface area contributed by atoms with Gasteiger partial charge in [0.15, 0.2) is 11.5 Å². The number of carbonyl (C=O) groups is 1. The number of aromatic hydroxyl groups is 1. The van der Waals surface area contributed by atoms with Gasteiger partial charge in [0.1, 0.15) is 11.5 Å². The second-order valence-corrected chi connectivity index (χ2v) is 8.51. The van der Waals surface area contributed by atoms with Gasteiger partial charge in [0.25, 0.3) is 5.91 Å². The Labute approximate surface area is 171 Å². The molecule has 30 heavy (non-hydrogen) atoms. The number of halogens is 2. The molecule has 2 heterocycles. The van der Waals surface area contributed by atoms with E-state index in [2.05, 4.69) is 15.4 Å². The molecule has 0 spiro atoms. The van der Waals surface area contributed by atoms with E-state index in [9.17, 15) is 18.7 Å². The molecule has 6 nitrogen and oxygen atoms in total. The summed E-state index contributed by atoms with van der Waals surface area (Å²) in [6.07, 6.45) is 3.22. The lowest BCUT2D eigenvalue weighted by Gasteiger charge is -2.26. The van der Waals surface area contributed by atoms with Crippen LogP contribution in [0.25, 0.3) is 5.69 Å². The van der Waals surface area contributed by atoms with Gasteiger partial charge < -0.3 is 10.4 Å². The van der Waals surface area contributed by atoms with Crippen molar-refractivity contribution >= 4 is 5.91 Å². The van der Waals surface area contributed by atoms with Crippen LogP contribution in [-0.2, 0) is 12.0 Å². The van der Waals surface area contributed by atoms with Crippen LogP contribution in [-0.4, -0.2) is 25.8 Å². The van der Waals surface area contributed by atoms with Gasteiger partial charge in [0, 0.05) is 29.8 Å². The zero-order chi connectivity index (χ0) is 21.2. The first-order chi connectivity index (χ1) is 14.2. The van der Waals surface area contributed by atoms with Gasteiger partial charge in [0.05, 0.1) is 11.2 Å². The molecule has 1 amide bonds. The van der Waals surface area contributed by atoms with E-state index in [0.717, 1.165) is 35.7 Å². The van der Waals surface area contributed by atoms with Crippen LogP contribution in [0, 0.1) is 17.6 Å². The van der Waals surface area contributed by atoms with Gasteiger partial charge in [-0.25, -0.2) is 18.4 Å². The average Bonchev–Trinajstić information content (AvgIpc) is 3.18. The minimum Gasteiger partial charge on any atom is -0.493 e. The third-order valence-electron chi connectivity index (χ3n) is 6.01. The van der Waals surface area contributed by atoms with Crippen LogP contribution in [0.4, 0.5) is 8.78 Å². The third-order valence-corrected chi connectivity index (χ3v) is 6.01. The molecule has 1 fully saturated rings. The maximum Gasteiger partial charge on any atom is 0.272 e. The summed E-state index contributed by atoms with van der Waals surface area (Å²) in [4.78, 5) is 17.0. The fourth-order valence-corrected chi connectivity index (χ4v) is 4.31. The summed E-state index contributed by atoms with van der Waals surface area (Å²) in [7, 11) is 0. The minimum absolute atomic E-state index is 0.0991. The van der Waals surface area contributed by atoms with E-state index in [-0.39, 0.29) is 29.1 Å². The summed E-state index contributed by atoms with van der Waals surface area (Å²) >= 11 is 0. The molecule has 2 aliphatic rings. The Bertz CT molecular complexity index is 1170. The summed E-state index contributed by atoms with van der Waals surface area (Å²) in [5, 5.41) is 16.8. The highest BCUT2D eigenvalue weighted by molar-refractivity contribution is 5.95. The van der Waals surface area contributed by atoms with Gasteiger partial charge in [-0.2, -0.15) is 5.10 Å². The van der Waals surface area contributed by atoms with Crippen molar-refractivity contribution in [3.8, 4) is 11.6 Å². The Morgan fingerprint density at radius 1 is 1.27 bits per heavy atom. The van der Waals surface area contributed by atoms with Crippen molar-refractivity contribution in [3.05, 3.63) is 70.7 Å². The Morgan fingerprint density at radius 2 is 2.07 bits per heavy atom. The van der Waals surface area contributed by atoms with Crippen LogP contribution >= 0.6 is 0 Å². The fraction of sp³-hybridized carbons (Fsp3) is 0.318. The lowest BCUT2D eigenvalue weighted by Crippen LogP contribution is -2.41. The van der Waals surface area contributed by atoms with E-state index in [4.69, 9.17) is 0 Å². The first-order valence-corrected chi connectivity index (χ1v) is 9.80. The van der Waals surface area contributed by atoms with Crippen molar-refractivity contribution in [2.24, 2.45) is 5.92 Å². The van der Waals surface area contributed by atoms with Gasteiger partial charge in [-0.15, -0.1) is 0 Å². The summed E-state index contributed by atoms with van der Waals surface area (Å²) in [6.45, 7) is 3.65. The van der Waals surface area contributed by atoms with E-state index in [1.807, 2.05) is 13.8 Å². The zero-order valence-electron chi connectivity index (χ0n) is 16.5. The Hall–Kier alpha value is -3.29. The molecule has 5 rings (SSSR count). The number of hydrogen-bond acceptors (Lipinski definition) is 4. The smallest absolute Gasteiger partial charge is 0.272 e. The predicted molar refractivity (Wildman–Crippen MR) is 104 cm³/mol. The van der Waals surface area contributed by atoms with Gasteiger partial charge in [-0.1, -0.05) is 0 Å². The highest BCUT2D eigenvalue weighted by Gasteiger charge is 2.50. The number of pyridine rings is 1. The molecule has 8 heteroatoms. The van der Waals surface area contributed by atoms with Crippen molar-refractivity contribution in [3.63, 3.8) is 0 Å². The molecule has 2 aromatic heterocycles. The van der Waals surface area contributed by atoms with Crippen molar-refractivity contribution in [2.45, 2.75) is 38.1 Å². The maximum absolute atomic E-state index is 14.5. The van der Waals surface area contributed by atoms with Crippen LogP contribution in [0.1, 0.15) is 53.5 Å². The Kier molecular flexibility index (Phi) is 3.96. The van der Waals surface area contributed by atoms with Crippen LogP contribution in [0.3, 0.4) is 0 Å². The molecule has 154 valence electrons. The van der Waals surface area contributed by atoms with E-state index in [0.29, 0.717) is 5.92 Å². The fourth-order valence-electron chi connectivity index (χ4n) is 4.31. The average molecular weight is 410 g/mol. The monoisotopic (exact) mass is 410 g/mol. The Balaban J connectivity index is 1.51. The molecule has 2 N–H and O–H groups in total. The lowest BCUT2D eigenvalue weighted by molar-refractivity contribution is 0.0905. The number of hydrogen-bond donors (Lipinski definition) is 2. The van der Waals surface area contributed by atoms with Crippen LogP contribution in [0.15, 0.2) is 36.5 Å². The Morgan fingerprint density at radius 3 is 2.77 bits per heavy atom. The van der Waals surface area contributed by atoms with E-state index in [1.165, 1.54) is 29.1 Å². The standard InChI is InChI=1S/C22H20F2N4O2/c1-22(2,12-3-6-18(29)25-10-12)26-21(30)19-15-8-11-7-14(11)20(15)28(27-19)17-5-4-13(23)9-16(17)24/h3-6,9-11,14H,7-8H2,1-2H3,(H,25,29)(H,26,30)/t11-,14-/m1/s1. The number of nitrogens with zero attached hydrogens (tertiary/aromatic N) is 3. The van der Waals surface area contributed by atoms with E-state index >= 15 is 0 Å². The number of rotatable bonds is 4. The topological polar surface area (TPSA) is 80.0 Å². The first kappa shape index (κ1) is 18.7. The molecular formula is C22H20F2N4O2. The molecule has 1 aromatic carbocycles. The number of carbonyl (C=O) groups excluding carboxylic acids is 1. The van der Waals surface area contributed by atoms with Gasteiger partial charge in [-0.05, 0) is 56.4 Å². The third kappa shape index (κ3) is 2.94. The lowest BCUT2D eigenvalue weighted by atomic mass is 9.95. The van der Waals surface area contributed by atoms with Crippen LogP contribution in [0.5, 0.6) is 5.88 Å².